The van der Waals surface area contributed by atoms with E-state index in [-0.39, 0.29) is 35.7 Å². The van der Waals surface area contributed by atoms with Crippen molar-refractivity contribution in [2.45, 2.75) is 88.7 Å². The van der Waals surface area contributed by atoms with Crippen molar-refractivity contribution in [3.63, 3.8) is 0 Å². The third-order valence-corrected chi connectivity index (χ3v) is 8.22. The van der Waals surface area contributed by atoms with Crippen LogP contribution in [-0.2, 0) is 23.7 Å². The third-order valence-electron chi connectivity index (χ3n) is 8.22. The van der Waals surface area contributed by atoms with Gasteiger partial charge in [0.25, 0.3) is 5.69 Å². The number of amides is 1. The molecule has 1 N–H and O–H groups in total. The number of nitro benzene ring substituents is 1. The van der Waals surface area contributed by atoms with E-state index in [0.717, 1.165) is 19.3 Å². The van der Waals surface area contributed by atoms with Crippen molar-refractivity contribution in [2.24, 2.45) is 5.92 Å². The number of carbonyl (C=O) groups is 2. The number of hydrogen-bond donors (Lipinski definition) is 1. The van der Waals surface area contributed by atoms with Crippen LogP contribution in [0.5, 0.6) is 5.75 Å². The second-order valence-electron chi connectivity index (χ2n) is 11.4. The molecule has 1 spiro atoms. The number of epoxide rings is 1. The van der Waals surface area contributed by atoms with Gasteiger partial charge < -0.3 is 33.7 Å². The molecule has 1 aromatic carbocycles. The number of hydrogen-bond acceptors (Lipinski definition) is 10. The Morgan fingerprint density at radius 1 is 1.20 bits per heavy atom. The molecule has 3 aliphatic rings. The van der Waals surface area contributed by atoms with Crippen LogP contribution >= 0.6 is 0 Å². The van der Waals surface area contributed by atoms with E-state index >= 15 is 0 Å². The molecule has 0 aromatic heterocycles. The van der Waals surface area contributed by atoms with Gasteiger partial charge in [-0.3, -0.25) is 10.1 Å². The molecule has 5 unspecified atom stereocenters. The summed E-state index contributed by atoms with van der Waals surface area (Å²) >= 11 is 0. The predicted octanol–water partition coefficient (Wildman–Crippen LogP) is 5.08. The smallest absolute Gasteiger partial charge is 0.443 e. The molecule has 12 nitrogen and oxygen atoms in total. The summed E-state index contributed by atoms with van der Waals surface area (Å²) in [7, 11) is 1.61. The van der Waals surface area contributed by atoms with Gasteiger partial charge in [-0.25, -0.2) is 9.59 Å². The second kappa shape index (κ2) is 13.2. The molecule has 0 radical (unpaired) electrons. The van der Waals surface area contributed by atoms with Crippen LogP contribution in [0.25, 0.3) is 0 Å². The Labute approximate surface area is 239 Å². The van der Waals surface area contributed by atoms with Crippen LogP contribution in [0.3, 0.4) is 0 Å². The van der Waals surface area contributed by atoms with Crippen LogP contribution in [-0.4, -0.2) is 73.6 Å². The van der Waals surface area contributed by atoms with Gasteiger partial charge in [0.05, 0.1) is 35.4 Å². The van der Waals surface area contributed by atoms with Gasteiger partial charge in [0.15, 0.2) is 0 Å². The van der Waals surface area contributed by atoms with E-state index in [4.69, 9.17) is 28.4 Å². The molecule has 12 heteroatoms. The molecule has 1 aliphatic heterocycles. The zero-order valence-electron chi connectivity index (χ0n) is 24.1. The van der Waals surface area contributed by atoms with Gasteiger partial charge >= 0.3 is 12.2 Å². The van der Waals surface area contributed by atoms with Crippen LogP contribution in [0.4, 0.5) is 15.3 Å². The van der Waals surface area contributed by atoms with Crippen molar-refractivity contribution >= 4 is 17.9 Å². The van der Waals surface area contributed by atoms with Crippen molar-refractivity contribution in [1.82, 2.24) is 5.32 Å². The van der Waals surface area contributed by atoms with E-state index in [9.17, 15) is 19.7 Å². The molecule has 41 heavy (non-hydrogen) atoms. The van der Waals surface area contributed by atoms with Gasteiger partial charge in [0, 0.05) is 25.2 Å². The summed E-state index contributed by atoms with van der Waals surface area (Å²) in [5.41, 5.74) is -0.0665. The Bertz CT molecular complexity index is 1110. The van der Waals surface area contributed by atoms with E-state index in [2.05, 4.69) is 5.32 Å². The Kier molecular flexibility index (Phi) is 9.88. The second-order valence-corrected chi connectivity index (χ2v) is 11.4. The van der Waals surface area contributed by atoms with E-state index in [0.29, 0.717) is 32.5 Å². The van der Waals surface area contributed by atoms with Gasteiger partial charge in [0.1, 0.15) is 24.6 Å². The third kappa shape index (κ3) is 7.75. The maximum absolute atomic E-state index is 13.2. The normalized spacial score (nSPS) is 27.0. The minimum absolute atomic E-state index is 0.0961. The zero-order chi connectivity index (χ0) is 29.6. The summed E-state index contributed by atoms with van der Waals surface area (Å²) in [5, 5.41) is 13.8. The Morgan fingerprint density at radius 2 is 1.88 bits per heavy atom. The first-order chi connectivity index (χ1) is 19.6. The van der Waals surface area contributed by atoms with Gasteiger partial charge in [-0.1, -0.05) is 24.5 Å². The molecule has 2 aliphatic carbocycles. The maximum atomic E-state index is 13.2. The molecule has 0 bridgehead atoms. The quantitative estimate of drug-likeness (QED) is 0.0944. The van der Waals surface area contributed by atoms with Gasteiger partial charge in [-0.15, -0.1) is 0 Å². The van der Waals surface area contributed by atoms with Crippen LogP contribution in [0.2, 0.25) is 0 Å². The summed E-state index contributed by atoms with van der Waals surface area (Å²) in [4.78, 5) is 35.8. The average Bonchev–Trinajstić information content (AvgIpc) is 3.55. The minimum atomic E-state index is -0.966. The van der Waals surface area contributed by atoms with E-state index in [1.807, 2.05) is 26.8 Å². The van der Waals surface area contributed by atoms with Crippen molar-refractivity contribution < 1.29 is 42.9 Å². The molecule has 1 amide bonds. The van der Waals surface area contributed by atoms with Gasteiger partial charge in [-0.05, 0) is 58.6 Å². The molecular weight excluding hydrogens is 536 g/mol. The molecule has 3 fully saturated rings. The standard InChI is InChI=1S/C29H40N2O10/c1-19(2)12-16-37-20(3)24-25(36-4)23(11-15-29(24)18-39-29)41-26(32)30-28(13-5-6-14-28)17-38-27(33)40-22-9-7-21(8-10-22)31(34)35/h7-10,12,20,23-25H,5-6,11,13-18H2,1-4H3,(H,30,32). The summed E-state index contributed by atoms with van der Waals surface area (Å²) in [5.74, 6) is 0.00458. The monoisotopic (exact) mass is 576 g/mol. The Hall–Kier alpha value is -3.22. The largest absolute Gasteiger partial charge is 0.513 e. The van der Waals surface area contributed by atoms with Crippen molar-refractivity contribution in [3.05, 3.63) is 46.0 Å². The number of benzene rings is 1. The van der Waals surface area contributed by atoms with Gasteiger partial charge in [-0.2, -0.15) is 0 Å². The predicted molar refractivity (Wildman–Crippen MR) is 147 cm³/mol. The topological polar surface area (TPSA) is 148 Å². The lowest BCUT2D eigenvalue weighted by Gasteiger charge is -2.43. The fourth-order valence-electron chi connectivity index (χ4n) is 5.97. The number of rotatable bonds is 11. The van der Waals surface area contributed by atoms with E-state index < -0.39 is 34.9 Å². The lowest BCUT2D eigenvalue weighted by atomic mass is 9.73. The SMILES string of the molecule is COC1C(OC(=O)NC2(COC(=O)Oc3ccc([N+](=O)[O-])cc3)CCCC2)CCC2(CO2)C1C(C)OCC=C(C)C. The molecule has 226 valence electrons. The first-order valence-corrected chi connectivity index (χ1v) is 14.1. The highest BCUT2D eigenvalue weighted by Crippen LogP contribution is 2.49. The van der Waals surface area contributed by atoms with Crippen LogP contribution < -0.4 is 10.1 Å². The number of ether oxygens (including phenoxy) is 6. The van der Waals surface area contributed by atoms with Crippen molar-refractivity contribution in [3.8, 4) is 5.75 Å². The van der Waals surface area contributed by atoms with Crippen LogP contribution in [0.1, 0.15) is 59.3 Å². The molecule has 1 saturated heterocycles. The number of carbonyl (C=O) groups excluding carboxylic acids is 2. The minimum Gasteiger partial charge on any atom is -0.443 e. The van der Waals surface area contributed by atoms with Crippen LogP contribution in [0, 0.1) is 16.0 Å². The Morgan fingerprint density at radius 3 is 2.46 bits per heavy atom. The van der Waals surface area contributed by atoms with Gasteiger partial charge in [0.2, 0.25) is 0 Å². The highest BCUT2D eigenvalue weighted by Gasteiger charge is 2.61. The summed E-state index contributed by atoms with van der Waals surface area (Å²) in [6.07, 6.45) is 3.62. The number of non-ortho nitro benzene ring substituents is 1. The molecule has 5 atom stereocenters. The number of methoxy groups -OCH3 is 1. The van der Waals surface area contributed by atoms with Crippen molar-refractivity contribution in [2.75, 3.05) is 26.9 Å². The highest BCUT2D eigenvalue weighted by atomic mass is 16.7. The molecule has 2 saturated carbocycles. The molecule has 1 aromatic rings. The van der Waals surface area contributed by atoms with E-state index in [1.54, 1.807) is 7.11 Å². The summed E-state index contributed by atoms with van der Waals surface area (Å²) in [6.45, 7) is 7.05. The van der Waals surface area contributed by atoms with Crippen molar-refractivity contribution in [1.29, 1.82) is 0 Å². The highest BCUT2D eigenvalue weighted by molar-refractivity contribution is 5.69. The maximum Gasteiger partial charge on any atom is 0.513 e. The Balaban J connectivity index is 1.33. The zero-order valence-corrected chi connectivity index (χ0v) is 24.1. The molecule has 1 heterocycles. The summed E-state index contributed by atoms with van der Waals surface area (Å²) in [6, 6.07) is 5.09. The number of nitrogens with one attached hydrogen (secondary N) is 1. The fourth-order valence-corrected chi connectivity index (χ4v) is 5.97. The molecular formula is C29H40N2O10. The fraction of sp³-hybridized carbons (Fsp3) is 0.655. The van der Waals surface area contributed by atoms with Crippen LogP contribution in [0.15, 0.2) is 35.9 Å². The number of allylic oxidation sites excluding steroid dienone is 1. The average molecular weight is 577 g/mol. The lowest BCUT2D eigenvalue weighted by molar-refractivity contribution is -0.384. The first kappa shape index (κ1) is 30.7. The first-order valence-electron chi connectivity index (χ1n) is 14.1. The lowest BCUT2D eigenvalue weighted by Crippen LogP contribution is -2.56. The summed E-state index contributed by atoms with van der Waals surface area (Å²) < 4.78 is 34.3. The number of alkyl carbamates (subject to hydrolysis) is 1. The number of nitro groups is 1. The number of nitrogens with zero attached hydrogens (tertiary/aromatic N) is 1. The molecule has 4 rings (SSSR count). The van der Waals surface area contributed by atoms with E-state index in [1.165, 1.54) is 29.8 Å².